The van der Waals surface area contributed by atoms with Crippen LogP contribution in [0.3, 0.4) is 0 Å². The van der Waals surface area contributed by atoms with Crippen LogP contribution in [0.15, 0.2) is 24.3 Å². The highest BCUT2D eigenvalue weighted by atomic mass is 35.5. The summed E-state index contributed by atoms with van der Waals surface area (Å²) in [4.78, 5) is 24.5. The lowest BCUT2D eigenvalue weighted by Crippen LogP contribution is -2.36. The first kappa shape index (κ1) is 13.9. The summed E-state index contributed by atoms with van der Waals surface area (Å²) in [7, 11) is 0. The lowest BCUT2D eigenvalue weighted by Gasteiger charge is -2.18. The zero-order chi connectivity index (χ0) is 14.2. The number of carbonyl (C=O) groups excluding carboxylic acids is 2. The summed E-state index contributed by atoms with van der Waals surface area (Å²) in [6.45, 7) is -0.451. The molecule has 1 aliphatic rings. The molecule has 7 heteroatoms. The molecule has 0 aromatic heterocycles. The molecule has 0 saturated carbocycles. The number of amides is 2. The van der Waals surface area contributed by atoms with E-state index in [4.69, 9.17) is 11.6 Å². The molecule has 1 atom stereocenters. The molecule has 0 N–H and O–H groups in total. The average Bonchev–Trinajstić information content (AvgIpc) is 2.53. The number of benzene rings is 1. The molecule has 1 unspecified atom stereocenters. The molecule has 0 spiro atoms. The van der Waals surface area contributed by atoms with Gasteiger partial charge in [0, 0.05) is 6.54 Å². The van der Waals surface area contributed by atoms with Crippen molar-refractivity contribution in [3.05, 3.63) is 35.4 Å². The molecule has 1 aromatic carbocycles. The molecule has 3 nitrogen and oxygen atoms in total. The molecule has 0 fully saturated rings. The Morgan fingerprint density at radius 1 is 1.11 bits per heavy atom. The van der Waals surface area contributed by atoms with Crippen LogP contribution in [0.1, 0.15) is 27.1 Å². The van der Waals surface area contributed by atoms with Crippen molar-refractivity contribution in [3.63, 3.8) is 0 Å². The van der Waals surface area contributed by atoms with Crippen molar-refractivity contribution in [2.75, 3.05) is 6.54 Å². The van der Waals surface area contributed by atoms with Gasteiger partial charge < -0.3 is 0 Å². The number of nitrogens with zero attached hydrogens (tertiary/aromatic N) is 1. The molecule has 0 saturated heterocycles. The van der Waals surface area contributed by atoms with Crippen LogP contribution in [0.2, 0.25) is 0 Å². The van der Waals surface area contributed by atoms with E-state index >= 15 is 0 Å². The molecule has 102 valence electrons. The van der Waals surface area contributed by atoms with Gasteiger partial charge in [0.1, 0.15) is 0 Å². The maximum Gasteiger partial charge on any atom is 0.390 e. The van der Waals surface area contributed by atoms with E-state index in [1.165, 1.54) is 12.1 Å². The van der Waals surface area contributed by atoms with E-state index in [9.17, 15) is 22.8 Å². The summed E-state index contributed by atoms with van der Waals surface area (Å²) in [6.07, 6.45) is -5.67. The van der Waals surface area contributed by atoms with Crippen LogP contribution in [0.25, 0.3) is 0 Å². The highest BCUT2D eigenvalue weighted by Gasteiger charge is 2.38. The fraction of sp³-hybridized carbons (Fsp3) is 0.333. The summed E-state index contributed by atoms with van der Waals surface area (Å²) in [6, 6.07) is 6.09. The maximum absolute atomic E-state index is 12.2. The van der Waals surface area contributed by atoms with Crippen LogP contribution in [0.4, 0.5) is 13.2 Å². The van der Waals surface area contributed by atoms with Gasteiger partial charge >= 0.3 is 6.18 Å². The molecule has 19 heavy (non-hydrogen) atoms. The van der Waals surface area contributed by atoms with Gasteiger partial charge in [-0.2, -0.15) is 13.2 Å². The fourth-order valence-electron chi connectivity index (χ4n) is 1.92. The van der Waals surface area contributed by atoms with E-state index in [0.29, 0.717) is 0 Å². The Kier molecular flexibility index (Phi) is 3.54. The predicted molar refractivity (Wildman–Crippen MR) is 62.1 cm³/mol. The molecular weight excluding hydrogens is 283 g/mol. The minimum atomic E-state index is -4.43. The van der Waals surface area contributed by atoms with Crippen LogP contribution in [0.5, 0.6) is 0 Å². The van der Waals surface area contributed by atoms with Crippen molar-refractivity contribution >= 4 is 23.4 Å². The van der Waals surface area contributed by atoms with Crippen molar-refractivity contribution in [1.82, 2.24) is 4.90 Å². The first-order chi connectivity index (χ1) is 8.79. The van der Waals surface area contributed by atoms with Gasteiger partial charge in [0.25, 0.3) is 11.8 Å². The van der Waals surface area contributed by atoms with Gasteiger partial charge in [-0.3, -0.25) is 14.5 Å². The highest BCUT2D eigenvalue weighted by molar-refractivity contribution is 6.24. The molecule has 1 aromatic rings. The number of carbonyl (C=O) groups is 2. The SMILES string of the molecule is O=C1c2ccccc2C(=O)N1CC(Cl)CC(F)(F)F. The molecule has 0 radical (unpaired) electrons. The van der Waals surface area contributed by atoms with Gasteiger partial charge in [-0.25, -0.2) is 0 Å². The first-order valence-electron chi connectivity index (χ1n) is 5.45. The van der Waals surface area contributed by atoms with E-state index in [1.807, 2.05) is 0 Å². The molecule has 1 heterocycles. The average molecular weight is 292 g/mol. The topological polar surface area (TPSA) is 37.4 Å². The van der Waals surface area contributed by atoms with Gasteiger partial charge in [0.05, 0.1) is 22.9 Å². The van der Waals surface area contributed by atoms with E-state index < -0.39 is 36.3 Å². The van der Waals surface area contributed by atoms with Gasteiger partial charge in [0.15, 0.2) is 0 Å². The van der Waals surface area contributed by atoms with Crippen LogP contribution in [-0.2, 0) is 0 Å². The third kappa shape index (κ3) is 2.89. The standard InChI is InChI=1S/C12H9ClF3NO2/c13-7(5-12(14,15)16)6-17-10(18)8-3-1-2-4-9(8)11(17)19/h1-4,7H,5-6H2. The minimum Gasteiger partial charge on any atom is -0.273 e. The summed E-state index contributed by atoms with van der Waals surface area (Å²) < 4.78 is 36.5. The molecule has 2 amide bonds. The Morgan fingerprint density at radius 3 is 2.00 bits per heavy atom. The predicted octanol–water partition coefficient (Wildman–Crippen LogP) is 2.84. The largest absolute Gasteiger partial charge is 0.390 e. The third-order valence-corrected chi connectivity index (χ3v) is 3.00. The third-order valence-electron chi connectivity index (χ3n) is 2.71. The summed E-state index contributed by atoms with van der Waals surface area (Å²) in [5.74, 6) is -1.21. The zero-order valence-electron chi connectivity index (χ0n) is 9.58. The Bertz CT molecular complexity index is 495. The highest BCUT2D eigenvalue weighted by Crippen LogP contribution is 2.27. The molecule has 2 rings (SSSR count). The minimum absolute atomic E-state index is 0.198. The second-order valence-electron chi connectivity index (χ2n) is 4.18. The number of rotatable bonds is 3. The number of hydrogen-bond donors (Lipinski definition) is 0. The lowest BCUT2D eigenvalue weighted by molar-refractivity contribution is -0.134. The van der Waals surface area contributed by atoms with Crippen molar-refractivity contribution in [2.24, 2.45) is 0 Å². The number of hydrogen-bond acceptors (Lipinski definition) is 2. The van der Waals surface area contributed by atoms with Crippen LogP contribution < -0.4 is 0 Å². The van der Waals surface area contributed by atoms with Crippen molar-refractivity contribution in [3.8, 4) is 0 Å². The monoisotopic (exact) mass is 291 g/mol. The fourth-order valence-corrected chi connectivity index (χ4v) is 2.23. The smallest absolute Gasteiger partial charge is 0.273 e. The van der Waals surface area contributed by atoms with E-state index in [0.717, 1.165) is 4.90 Å². The van der Waals surface area contributed by atoms with Crippen LogP contribution >= 0.6 is 11.6 Å². The Labute approximate surface area is 111 Å². The number of halogens is 4. The van der Waals surface area contributed by atoms with Gasteiger partial charge in [-0.05, 0) is 12.1 Å². The van der Waals surface area contributed by atoms with Crippen molar-refractivity contribution in [1.29, 1.82) is 0 Å². The zero-order valence-corrected chi connectivity index (χ0v) is 10.3. The normalized spacial score (nSPS) is 16.7. The van der Waals surface area contributed by atoms with Crippen molar-refractivity contribution < 1.29 is 22.8 Å². The maximum atomic E-state index is 12.2. The van der Waals surface area contributed by atoms with E-state index in [2.05, 4.69) is 0 Å². The molecular formula is C12H9ClF3NO2. The van der Waals surface area contributed by atoms with Gasteiger partial charge in [-0.1, -0.05) is 12.1 Å². The number of fused-ring (bicyclic) bond motifs is 1. The van der Waals surface area contributed by atoms with Crippen LogP contribution in [0, 0.1) is 0 Å². The summed E-state index contributed by atoms with van der Waals surface area (Å²) in [5.41, 5.74) is 0.395. The van der Waals surface area contributed by atoms with Gasteiger partial charge in [-0.15, -0.1) is 11.6 Å². The summed E-state index contributed by atoms with van der Waals surface area (Å²) >= 11 is 5.55. The summed E-state index contributed by atoms with van der Waals surface area (Å²) in [5, 5.41) is -1.35. The van der Waals surface area contributed by atoms with Gasteiger partial charge in [0.2, 0.25) is 0 Å². The van der Waals surface area contributed by atoms with E-state index in [-0.39, 0.29) is 11.1 Å². The number of alkyl halides is 4. The molecule has 0 aliphatic carbocycles. The molecule has 1 aliphatic heterocycles. The number of imide groups is 1. The van der Waals surface area contributed by atoms with E-state index in [1.54, 1.807) is 12.1 Å². The first-order valence-corrected chi connectivity index (χ1v) is 5.89. The Balaban J connectivity index is 2.12. The molecule has 0 bridgehead atoms. The Hall–Kier alpha value is -1.56. The van der Waals surface area contributed by atoms with Crippen molar-refractivity contribution in [2.45, 2.75) is 18.0 Å². The second-order valence-corrected chi connectivity index (χ2v) is 4.80. The lowest BCUT2D eigenvalue weighted by atomic mass is 10.1. The Morgan fingerprint density at radius 2 is 1.58 bits per heavy atom. The second kappa shape index (κ2) is 4.85. The quantitative estimate of drug-likeness (QED) is 0.634. The van der Waals surface area contributed by atoms with Crippen LogP contribution in [-0.4, -0.2) is 34.8 Å².